The lowest BCUT2D eigenvalue weighted by Gasteiger charge is -2.15. The Labute approximate surface area is 547 Å². The Balaban J connectivity index is 0.869. The summed E-state index contributed by atoms with van der Waals surface area (Å²) < 4.78 is 123. The van der Waals surface area contributed by atoms with Gasteiger partial charge in [-0.2, -0.15) is 37.4 Å². The lowest BCUT2D eigenvalue weighted by molar-refractivity contribution is -0.688. The number of fused-ring (bicyclic) bond motifs is 3. The van der Waals surface area contributed by atoms with Gasteiger partial charge in [-0.1, -0.05) is 34.8 Å². The van der Waals surface area contributed by atoms with E-state index in [-0.39, 0.29) is 84.1 Å². The van der Waals surface area contributed by atoms with Crippen LogP contribution >= 0.6 is 34.8 Å². The quantitative estimate of drug-likeness (QED) is 0.0551. The molecular formula is C64H39Cl3F8N15O6+. The van der Waals surface area contributed by atoms with Crippen molar-refractivity contribution in [3.63, 3.8) is 0 Å². The zero-order valence-electron chi connectivity index (χ0n) is 49.4. The number of nitrogens with one attached hydrogen (secondary N) is 3. The monoisotopic (exact) mass is 1370 g/mol. The maximum Gasteiger partial charge on any atom is 0.417 e. The molecule has 0 aliphatic rings. The molecule has 3 amide bonds. The molecule has 0 aliphatic heterocycles. The standard InChI is InChI=1S/C64H38Cl3F8N15O6/c1-27-13-48-51(78-30(27)4)57(91)55(85-88(48)45-8-5-33(65)19-38(45)69)62(95)82-42-17-31(22-77-60(42)72)16-41-28(2)14-49-52(80-41)58(92)56(86-89(49)46-9-6-34(66)20-39(46)70)63(96)83-44-26-87(12-11-37(44)68)25-43-29(3)15-50-53(81-43)59(93)54(84-90(50)47-10-7-35(67)21-40(47)71)61(94)79-36-18-32(23-76-24-36)64(73,74)75/h5-15,17-24,26H,16,25H2,1-4H3,(H2-,79,82,83,94,95,96)/p+1. The average Bonchev–Trinajstić information content (AvgIpc) is 0.765. The molecule has 0 fully saturated rings. The molecular weight excluding hydrogens is 1330 g/mol. The topological polar surface area (TPSA) is 260 Å². The summed E-state index contributed by atoms with van der Waals surface area (Å²) >= 11 is 18.2. The number of aryl methyl sites for hydroxylation is 4. The predicted molar refractivity (Wildman–Crippen MR) is 335 cm³/mol. The number of benzene rings is 3. The van der Waals surface area contributed by atoms with Gasteiger partial charge in [0, 0.05) is 51.3 Å². The van der Waals surface area contributed by atoms with Gasteiger partial charge in [0.15, 0.2) is 41.8 Å². The van der Waals surface area contributed by atoms with Gasteiger partial charge < -0.3 is 16.0 Å². The third kappa shape index (κ3) is 12.6. The van der Waals surface area contributed by atoms with E-state index in [4.69, 9.17) is 34.8 Å². The summed E-state index contributed by atoms with van der Waals surface area (Å²) in [7, 11) is 0. The number of pyridine rings is 6. The Morgan fingerprint density at radius 1 is 0.521 bits per heavy atom. The SMILES string of the molecule is Cc1cc2c(nc1C)c(=O)c(C(=O)Nc1cc(Cc3nc4c(=O)c(C(=O)Nc5c[n+](Cc6nc7c(=O)c(C(=O)Nc8cncc(C(F)(F)F)c8)nn(-c8ccc(Cl)cc8F)c7cc6C)ccc5F)nn(-c5ccc(Cl)cc5F)c4cc3C)cnc1F)nn2-c1ccc(Cl)cc1F. The third-order valence-electron chi connectivity index (χ3n) is 15.1. The first kappa shape index (κ1) is 64.8. The molecule has 3 N–H and O–H groups in total. The van der Waals surface area contributed by atoms with Crippen LogP contribution in [0, 0.1) is 56.9 Å². The molecule has 0 saturated heterocycles. The minimum absolute atomic E-state index is 0.0303. The van der Waals surface area contributed by atoms with Crippen molar-refractivity contribution in [1.29, 1.82) is 0 Å². The summed E-state index contributed by atoms with van der Waals surface area (Å²) in [5, 5.41) is 19.3. The Kier molecular flexibility index (Phi) is 17.0. The molecule has 12 rings (SSSR count). The molecule has 3 aromatic carbocycles. The number of halogens is 11. The predicted octanol–water partition coefficient (Wildman–Crippen LogP) is 11.4. The Hall–Kier alpha value is -11.3. The second-order valence-electron chi connectivity index (χ2n) is 21.6. The van der Waals surface area contributed by atoms with Crippen molar-refractivity contribution in [2.24, 2.45) is 0 Å². The second kappa shape index (κ2) is 25.2. The van der Waals surface area contributed by atoms with Crippen LogP contribution in [-0.2, 0) is 19.1 Å². The molecule has 0 saturated carbocycles. The second-order valence-corrected chi connectivity index (χ2v) is 22.9. The smallest absolute Gasteiger partial charge is 0.319 e. The highest BCUT2D eigenvalue weighted by Crippen LogP contribution is 2.32. The van der Waals surface area contributed by atoms with Gasteiger partial charge in [-0.15, -0.1) is 0 Å². The van der Waals surface area contributed by atoms with E-state index < -0.39 is 120 Å². The van der Waals surface area contributed by atoms with Crippen LogP contribution in [0.5, 0.6) is 0 Å². The molecule has 0 atom stereocenters. The number of hydrogen-bond acceptors (Lipinski definition) is 14. The summed E-state index contributed by atoms with van der Waals surface area (Å²) in [6.45, 7) is 6.09. The molecule has 0 spiro atoms. The number of carbonyl (C=O) groups is 3. The molecule has 0 aliphatic carbocycles. The Morgan fingerprint density at radius 3 is 1.48 bits per heavy atom. The molecule has 0 radical (unpaired) electrons. The third-order valence-corrected chi connectivity index (χ3v) is 15.8. The van der Waals surface area contributed by atoms with Crippen LogP contribution in [0.3, 0.4) is 0 Å². The van der Waals surface area contributed by atoms with Gasteiger partial charge in [0.1, 0.15) is 62.4 Å². The van der Waals surface area contributed by atoms with E-state index in [1.807, 2.05) is 0 Å². The zero-order chi connectivity index (χ0) is 68.5. The molecule has 96 heavy (non-hydrogen) atoms. The summed E-state index contributed by atoms with van der Waals surface area (Å²) in [6, 6.07) is 17.4. The van der Waals surface area contributed by atoms with E-state index in [1.54, 1.807) is 20.8 Å². The number of hydrogen-bond donors (Lipinski definition) is 3. The Morgan fingerprint density at radius 2 is 0.979 bits per heavy atom. The summed E-state index contributed by atoms with van der Waals surface area (Å²) in [5.74, 6) is -8.96. The van der Waals surface area contributed by atoms with Crippen molar-refractivity contribution in [2.75, 3.05) is 16.0 Å². The largest absolute Gasteiger partial charge is 0.417 e. The van der Waals surface area contributed by atoms with Gasteiger partial charge in [0.2, 0.25) is 22.2 Å². The van der Waals surface area contributed by atoms with E-state index in [9.17, 15) is 41.9 Å². The highest BCUT2D eigenvalue weighted by atomic mass is 35.5. The number of alkyl halides is 3. The summed E-state index contributed by atoms with van der Waals surface area (Å²) in [6.07, 6.45) is -0.345. The van der Waals surface area contributed by atoms with Gasteiger partial charge in [-0.25, -0.2) is 51.5 Å². The van der Waals surface area contributed by atoms with Crippen LogP contribution in [0.15, 0.2) is 136 Å². The highest BCUT2D eigenvalue weighted by Gasteiger charge is 2.33. The van der Waals surface area contributed by atoms with Gasteiger partial charge >= 0.3 is 6.18 Å². The van der Waals surface area contributed by atoms with Gasteiger partial charge in [0.05, 0.1) is 39.7 Å². The summed E-state index contributed by atoms with van der Waals surface area (Å²) in [5.41, 5.74) is -9.11. The van der Waals surface area contributed by atoms with E-state index in [2.05, 4.69) is 56.2 Å². The fourth-order valence-corrected chi connectivity index (χ4v) is 10.6. The molecule has 0 bridgehead atoms. The lowest BCUT2D eigenvalue weighted by Crippen LogP contribution is -2.36. The minimum Gasteiger partial charge on any atom is -0.319 e. The van der Waals surface area contributed by atoms with Crippen molar-refractivity contribution in [2.45, 2.75) is 46.8 Å². The maximum atomic E-state index is 16.0. The van der Waals surface area contributed by atoms with Crippen LogP contribution in [0.25, 0.3) is 50.2 Å². The van der Waals surface area contributed by atoms with Crippen LogP contribution in [0.4, 0.5) is 52.2 Å². The van der Waals surface area contributed by atoms with Crippen molar-refractivity contribution in [3.8, 4) is 17.1 Å². The van der Waals surface area contributed by atoms with Gasteiger partial charge in [0.25, 0.3) is 17.7 Å². The molecule has 12 aromatic rings. The number of amides is 3. The lowest BCUT2D eigenvalue weighted by atomic mass is 10.1. The fourth-order valence-electron chi connectivity index (χ4n) is 10.2. The van der Waals surface area contributed by atoms with Crippen molar-refractivity contribution in [1.82, 2.24) is 54.3 Å². The van der Waals surface area contributed by atoms with Gasteiger partial charge in [-0.3, -0.25) is 33.8 Å². The number of carbonyl (C=O) groups excluding carboxylic acids is 3. The number of nitrogens with zero attached hydrogens (tertiary/aromatic N) is 12. The van der Waals surface area contributed by atoms with Crippen LogP contribution in [-0.4, -0.2) is 72.0 Å². The molecule has 482 valence electrons. The minimum atomic E-state index is -4.86. The van der Waals surface area contributed by atoms with E-state index in [1.165, 1.54) is 72.3 Å². The first-order valence-corrected chi connectivity index (χ1v) is 29.2. The van der Waals surface area contributed by atoms with E-state index >= 15 is 22.0 Å². The first-order valence-electron chi connectivity index (χ1n) is 28.0. The van der Waals surface area contributed by atoms with Crippen molar-refractivity contribution < 1.29 is 54.1 Å². The van der Waals surface area contributed by atoms with Gasteiger partial charge in [-0.05, 0) is 135 Å². The maximum absolute atomic E-state index is 16.0. The fraction of sp³-hybridized carbons (Fsp3) is 0.109. The van der Waals surface area contributed by atoms with Crippen molar-refractivity contribution in [3.05, 3.63) is 259 Å². The zero-order valence-corrected chi connectivity index (χ0v) is 51.7. The number of rotatable bonds is 13. The average molecular weight is 1370 g/mol. The Bertz CT molecular complexity index is 5560. The number of aromatic nitrogens is 12. The molecule has 9 aromatic heterocycles. The molecule has 0 unspecified atom stereocenters. The highest BCUT2D eigenvalue weighted by molar-refractivity contribution is 6.31. The van der Waals surface area contributed by atoms with E-state index in [0.29, 0.717) is 34.6 Å². The van der Waals surface area contributed by atoms with Crippen LogP contribution in [0.1, 0.15) is 76.4 Å². The molecule has 32 heteroatoms. The van der Waals surface area contributed by atoms with Crippen molar-refractivity contribution >= 4 is 103 Å². The normalized spacial score (nSPS) is 11.6. The number of anilines is 3. The molecule has 9 heterocycles. The first-order chi connectivity index (χ1) is 45.6. The van der Waals surface area contributed by atoms with Crippen LogP contribution < -0.4 is 36.8 Å². The van der Waals surface area contributed by atoms with E-state index in [0.717, 1.165) is 63.0 Å². The van der Waals surface area contributed by atoms with Crippen LogP contribution in [0.2, 0.25) is 15.1 Å². The molecule has 21 nitrogen and oxygen atoms in total. The summed E-state index contributed by atoms with van der Waals surface area (Å²) in [4.78, 5) is 106.